The maximum atomic E-state index is 5.86. The average Bonchev–Trinajstić information content (AvgIpc) is 3.03. The summed E-state index contributed by atoms with van der Waals surface area (Å²) in [5, 5.41) is 0. The van der Waals surface area contributed by atoms with Crippen molar-refractivity contribution in [1.29, 1.82) is 0 Å². The van der Waals surface area contributed by atoms with Gasteiger partial charge in [-0.25, -0.2) is 4.98 Å². The van der Waals surface area contributed by atoms with Gasteiger partial charge >= 0.3 is 0 Å². The van der Waals surface area contributed by atoms with Crippen LogP contribution in [0.1, 0.15) is 26.7 Å². The first-order chi connectivity index (χ1) is 8.08. The maximum absolute atomic E-state index is 5.86. The minimum Gasteiger partial charge on any atom is -0.486 e. The summed E-state index contributed by atoms with van der Waals surface area (Å²) in [4.78, 5) is 6.28. The van der Waals surface area contributed by atoms with E-state index in [9.17, 15) is 0 Å². The number of nitrogens with zero attached hydrogens (tertiary/aromatic N) is 2. The molecule has 4 heteroatoms. The standard InChI is InChI=1S/C13H20N2O2/c1-9(2)16-12-11(17-10-5-6-10)7-8-14-13(12)15(3)4/h7-10H,5-6H2,1-4H3. The Bertz CT molecular complexity index is 387. The summed E-state index contributed by atoms with van der Waals surface area (Å²) in [5.41, 5.74) is 0. The van der Waals surface area contributed by atoms with E-state index in [0.717, 1.165) is 30.2 Å². The van der Waals surface area contributed by atoms with Crippen molar-refractivity contribution in [1.82, 2.24) is 4.98 Å². The van der Waals surface area contributed by atoms with E-state index in [1.807, 2.05) is 38.9 Å². The molecule has 0 aromatic carbocycles. The smallest absolute Gasteiger partial charge is 0.204 e. The van der Waals surface area contributed by atoms with Gasteiger partial charge in [0.1, 0.15) is 0 Å². The first-order valence-corrected chi connectivity index (χ1v) is 6.07. The van der Waals surface area contributed by atoms with Gasteiger partial charge in [0.25, 0.3) is 0 Å². The Morgan fingerprint density at radius 3 is 2.59 bits per heavy atom. The zero-order valence-electron chi connectivity index (χ0n) is 10.9. The highest BCUT2D eigenvalue weighted by atomic mass is 16.5. The number of ether oxygens (including phenoxy) is 2. The molecule has 4 nitrogen and oxygen atoms in total. The van der Waals surface area contributed by atoms with Gasteiger partial charge in [0.15, 0.2) is 11.6 Å². The van der Waals surface area contributed by atoms with E-state index in [-0.39, 0.29) is 6.10 Å². The molecule has 1 aliphatic carbocycles. The quantitative estimate of drug-likeness (QED) is 0.786. The molecular weight excluding hydrogens is 216 g/mol. The van der Waals surface area contributed by atoms with E-state index >= 15 is 0 Å². The molecular formula is C13H20N2O2. The zero-order valence-corrected chi connectivity index (χ0v) is 10.9. The molecule has 0 bridgehead atoms. The topological polar surface area (TPSA) is 34.6 Å². The Kier molecular flexibility index (Phi) is 3.41. The largest absolute Gasteiger partial charge is 0.486 e. The number of hydrogen-bond donors (Lipinski definition) is 0. The third-order valence-electron chi connectivity index (χ3n) is 2.44. The number of rotatable bonds is 5. The summed E-state index contributed by atoms with van der Waals surface area (Å²) in [6.45, 7) is 4.01. The van der Waals surface area contributed by atoms with E-state index in [1.54, 1.807) is 6.20 Å². The second-order valence-electron chi connectivity index (χ2n) is 4.84. The summed E-state index contributed by atoms with van der Waals surface area (Å²) in [5.74, 6) is 2.37. The predicted molar refractivity (Wildman–Crippen MR) is 68.0 cm³/mol. The van der Waals surface area contributed by atoms with Gasteiger partial charge in [-0.05, 0) is 26.7 Å². The van der Waals surface area contributed by atoms with Gasteiger partial charge in [-0.2, -0.15) is 0 Å². The Hall–Kier alpha value is -1.45. The van der Waals surface area contributed by atoms with Crippen LogP contribution in [-0.2, 0) is 0 Å². The van der Waals surface area contributed by atoms with Crippen molar-refractivity contribution < 1.29 is 9.47 Å². The maximum Gasteiger partial charge on any atom is 0.204 e. The Labute approximate surface area is 103 Å². The summed E-state index contributed by atoms with van der Waals surface area (Å²) in [6, 6.07) is 1.88. The van der Waals surface area contributed by atoms with Crippen molar-refractivity contribution in [2.45, 2.75) is 38.9 Å². The van der Waals surface area contributed by atoms with Gasteiger partial charge in [0, 0.05) is 26.4 Å². The van der Waals surface area contributed by atoms with Gasteiger partial charge in [-0.1, -0.05) is 0 Å². The van der Waals surface area contributed by atoms with Crippen LogP contribution in [0.25, 0.3) is 0 Å². The minimum absolute atomic E-state index is 0.111. The minimum atomic E-state index is 0.111. The summed E-state index contributed by atoms with van der Waals surface area (Å²) in [7, 11) is 3.91. The molecule has 0 radical (unpaired) electrons. The van der Waals surface area contributed by atoms with Crippen LogP contribution in [0, 0.1) is 0 Å². The highest BCUT2D eigenvalue weighted by Gasteiger charge is 2.26. The van der Waals surface area contributed by atoms with E-state index in [0.29, 0.717) is 6.10 Å². The average molecular weight is 236 g/mol. The lowest BCUT2D eigenvalue weighted by molar-refractivity contribution is 0.217. The van der Waals surface area contributed by atoms with Crippen molar-refractivity contribution >= 4 is 5.82 Å². The van der Waals surface area contributed by atoms with Crippen molar-refractivity contribution in [2.24, 2.45) is 0 Å². The van der Waals surface area contributed by atoms with Crippen LogP contribution in [0.5, 0.6) is 11.5 Å². The summed E-state index contributed by atoms with van der Waals surface area (Å²) >= 11 is 0. The lowest BCUT2D eigenvalue weighted by Gasteiger charge is -2.21. The van der Waals surface area contributed by atoms with Gasteiger partial charge < -0.3 is 14.4 Å². The second-order valence-corrected chi connectivity index (χ2v) is 4.84. The fourth-order valence-electron chi connectivity index (χ4n) is 1.54. The SMILES string of the molecule is CC(C)Oc1c(OC2CC2)ccnc1N(C)C. The van der Waals surface area contributed by atoms with Gasteiger partial charge in [0.2, 0.25) is 5.75 Å². The molecule has 0 spiro atoms. The number of anilines is 1. The molecule has 1 aliphatic rings. The van der Waals surface area contributed by atoms with Crippen molar-refractivity contribution in [3.8, 4) is 11.5 Å². The summed E-state index contributed by atoms with van der Waals surface area (Å²) < 4.78 is 11.7. The van der Waals surface area contributed by atoms with E-state index in [4.69, 9.17) is 9.47 Å². The fourth-order valence-corrected chi connectivity index (χ4v) is 1.54. The molecule has 1 heterocycles. The van der Waals surface area contributed by atoms with Crippen molar-refractivity contribution in [3.63, 3.8) is 0 Å². The monoisotopic (exact) mass is 236 g/mol. The second kappa shape index (κ2) is 4.82. The molecule has 94 valence electrons. The molecule has 0 N–H and O–H groups in total. The lowest BCUT2D eigenvalue weighted by atomic mass is 10.3. The Morgan fingerprint density at radius 2 is 2.06 bits per heavy atom. The molecule has 1 fully saturated rings. The third kappa shape index (κ3) is 3.02. The predicted octanol–water partition coefficient (Wildman–Crippen LogP) is 2.48. The van der Waals surface area contributed by atoms with E-state index in [2.05, 4.69) is 4.98 Å². The highest BCUT2D eigenvalue weighted by Crippen LogP contribution is 2.39. The number of hydrogen-bond acceptors (Lipinski definition) is 4. The molecule has 0 amide bonds. The number of pyridine rings is 1. The van der Waals surface area contributed by atoms with Crippen LogP contribution in [0.4, 0.5) is 5.82 Å². The van der Waals surface area contributed by atoms with Gasteiger partial charge in [-0.3, -0.25) is 0 Å². The van der Waals surface area contributed by atoms with Crippen LogP contribution in [0.3, 0.4) is 0 Å². The van der Waals surface area contributed by atoms with Crippen molar-refractivity contribution in [3.05, 3.63) is 12.3 Å². The van der Waals surface area contributed by atoms with Gasteiger partial charge in [-0.15, -0.1) is 0 Å². The molecule has 0 aliphatic heterocycles. The normalized spacial score (nSPS) is 14.9. The molecule has 1 saturated carbocycles. The van der Waals surface area contributed by atoms with E-state index in [1.165, 1.54) is 0 Å². The van der Waals surface area contributed by atoms with Crippen molar-refractivity contribution in [2.75, 3.05) is 19.0 Å². The Balaban J connectivity index is 2.30. The van der Waals surface area contributed by atoms with Crippen LogP contribution in [0.15, 0.2) is 12.3 Å². The van der Waals surface area contributed by atoms with Crippen LogP contribution >= 0.6 is 0 Å². The third-order valence-corrected chi connectivity index (χ3v) is 2.44. The zero-order chi connectivity index (χ0) is 12.4. The first-order valence-electron chi connectivity index (χ1n) is 6.07. The summed E-state index contributed by atoms with van der Waals surface area (Å²) in [6.07, 6.45) is 4.52. The fraction of sp³-hybridized carbons (Fsp3) is 0.615. The lowest BCUT2D eigenvalue weighted by Crippen LogP contribution is -2.16. The van der Waals surface area contributed by atoms with E-state index < -0.39 is 0 Å². The molecule has 2 rings (SSSR count). The highest BCUT2D eigenvalue weighted by molar-refractivity contribution is 5.59. The van der Waals surface area contributed by atoms with Gasteiger partial charge in [0.05, 0.1) is 12.2 Å². The molecule has 17 heavy (non-hydrogen) atoms. The molecule has 1 aromatic rings. The van der Waals surface area contributed by atoms with Crippen LogP contribution in [-0.4, -0.2) is 31.3 Å². The van der Waals surface area contributed by atoms with Crippen LogP contribution < -0.4 is 14.4 Å². The Morgan fingerprint density at radius 1 is 1.35 bits per heavy atom. The molecule has 0 atom stereocenters. The molecule has 0 saturated heterocycles. The molecule has 1 aromatic heterocycles. The van der Waals surface area contributed by atoms with Crippen LogP contribution in [0.2, 0.25) is 0 Å². The first kappa shape index (κ1) is 12.0. The molecule has 0 unspecified atom stereocenters. The number of aromatic nitrogens is 1.